The zero-order valence-electron chi connectivity index (χ0n) is 10.9. The number of anilines is 1. The highest BCUT2D eigenvalue weighted by molar-refractivity contribution is 9.10. The fraction of sp³-hybridized carbons (Fsp3) is 0.500. The Hall–Kier alpha value is -1.23. The van der Waals surface area contributed by atoms with Crippen molar-refractivity contribution in [2.75, 3.05) is 12.8 Å². The molecule has 5 heteroatoms. The minimum absolute atomic E-state index is 0.221. The van der Waals surface area contributed by atoms with E-state index in [0.29, 0.717) is 17.0 Å². The average molecular weight is 328 g/mol. The Bertz CT molecular complexity index is 470. The number of rotatable bonds is 3. The molecule has 19 heavy (non-hydrogen) atoms. The summed E-state index contributed by atoms with van der Waals surface area (Å²) in [6, 6.07) is 3.34. The monoisotopic (exact) mass is 327 g/mol. The Morgan fingerprint density at radius 3 is 2.63 bits per heavy atom. The lowest BCUT2D eigenvalue weighted by molar-refractivity contribution is 0.0600. The van der Waals surface area contributed by atoms with Crippen LogP contribution in [0.3, 0.4) is 0 Å². The summed E-state index contributed by atoms with van der Waals surface area (Å²) < 4.78 is 11.4. The van der Waals surface area contributed by atoms with Gasteiger partial charge in [0.15, 0.2) is 0 Å². The SMILES string of the molecule is COC(=O)c1cc(OC2CCCCC2)c(Br)cc1N. The molecule has 0 atom stereocenters. The molecule has 2 rings (SSSR count). The van der Waals surface area contributed by atoms with E-state index in [4.69, 9.17) is 15.2 Å². The number of carbonyl (C=O) groups is 1. The van der Waals surface area contributed by atoms with Gasteiger partial charge in [-0.15, -0.1) is 0 Å². The summed E-state index contributed by atoms with van der Waals surface area (Å²) >= 11 is 3.42. The second-order valence-corrected chi connectivity index (χ2v) is 5.59. The summed E-state index contributed by atoms with van der Waals surface area (Å²) in [7, 11) is 1.34. The second-order valence-electron chi connectivity index (χ2n) is 4.74. The smallest absolute Gasteiger partial charge is 0.340 e. The van der Waals surface area contributed by atoms with Crippen LogP contribution in [0.1, 0.15) is 42.5 Å². The third kappa shape index (κ3) is 3.41. The minimum atomic E-state index is -0.446. The summed E-state index contributed by atoms with van der Waals surface area (Å²) in [4.78, 5) is 11.6. The number of hydrogen-bond acceptors (Lipinski definition) is 4. The number of hydrogen-bond donors (Lipinski definition) is 1. The molecule has 104 valence electrons. The topological polar surface area (TPSA) is 61.5 Å². The van der Waals surface area contributed by atoms with Crippen LogP contribution in [0.15, 0.2) is 16.6 Å². The lowest BCUT2D eigenvalue weighted by Gasteiger charge is -2.24. The maximum atomic E-state index is 11.6. The van der Waals surface area contributed by atoms with Gasteiger partial charge in [0, 0.05) is 5.69 Å². The third-order valence-electron chi connectivity index (χ3n) is 3.36. The first-order valence-corrected chi connectivity index (χ1v) is 7.25. The standard InChI is InChI=1S/C14H18BrNO3/c1-18-14(17)10-7-13(11(15)8-12(10)16)19-9-5-3-2-4-6-9/h7-9H,2-6,16H2,1H3. The maximum Gasteiger partial charge on any atom is 0.340 e. The van der Waals surface area contributed by atoms with Crippen molar-refractivity contribution in [3.8, 4) is 5.75 Å². The van der Waals surface area contributed by atoms with Crippen molar-refractivity contribution in [2.24, 2.45) is 0 Å². The lowest BCUT2D eigenvalue weighted by Crippen LogP contribution is -2.20. The molecule has 1 aliphatic carbocycles. The van der Waals surface area contributed by atoms with Gasteiger partial charge in [0.2, 0.25) is 0 Å². The molecular formula is C14H18BrNO3. The predicted molar refractivity (Wildman–Crippen MR) is 77.4 cm³/mol. The van der Waals surface area contributed by atoms with E-state index in [-0.39, 0.29) is 6.10 Å². The molecule has 0 bridgehead atoms. The molecule has 0 unspecified atom stereocenters. The van der Waals surface area contributed by atoms with Crippen molar-refractivity contribution >= 4 is 27.6 Å². The normalized spacial score (nSPS) is 16.1. The molecule has 1 aliphatic rings. The van der Waals surface area contributed by atoms with Crippen LogP contribution in [0.25, 0.3) is 0 Å². The molecule has 4 nitrogen and oxygen atoms in total. The van der Waals surface area contributed by atoms with E-state index in [9.17, 15) is 4.79 Å². The minimum Gasteiger partial charge on any atom is -0.489 e. The largest absolute Gasteiger partial charge is 0.489 e. The molecule has 1 saturated carbocycles. The highest BCUT2D eigenvalue weighted by atomic mass is 79.9. The number of ether oxygens (including phenoxy) is 2. The number of halogens is 1. The second kappa shape index (κ2) is 6.28. The van der Waals surface area contributed by atoms with Gasteiger partial charge in [-0.05, 0) is 53.7 Å². The number of esters is 1. The highest BCUT2D eigenvalue weighted by Gasteiger charge is 2.19. The quantitative estimate of drug-likeness (QED) is 0.681. The Morgan fingerprint density at radius 2 is 2.00 bits per heavy atom. The highest BCUT2D eigenvalue weighted by Crippen LogP contribution is 2.33. The molecule has 2 N–H and O–H groups in total. The van der Waals surface area contributed by atoms with E-state index in [1.54, 1.807) is 12.1 Å². The van der Waals surface area contributed by atoms with E-state index in [1.807, 2.05) is 0 Å². The van der Waals surface area contributed by atoms with Gasteiger partial charge in [-0.3, -0.25) is 0 Å². The molecule has 1 aromatic rings. The van der Waals surface area contributed by atoms with Crippen LogP contribution in [0, 0.1) is 0 Å². The van der Waals surface area contributed by atoms with Crippen molar-refractivity contribution in [1.82, 2.24) is 0 Å². The fourth-order valence-corrected chi connectivity index (χ4v) is 2.76. The van der Waals surface area contributed by atoms with Crippen LogP contribution in [-0.2, 0) is 4.74 Å². The summed E-state index contributed by atoms with van der Waals surface area (Å²) in [6.07, 6.45) is 6.01. The summed E-state index contributed by atoms with van der Waals surface area (Å²) in [6.45, 7) is 0. The van der Waals surface area contributed by atoms with Crippen LogP contribution in [0.2, 0.25) is 0 Å². The Labute approximate surface area is 121 Å². The molecule has 0 radical (unpaired) electrons. The molecule has 0 amide bonds. The number of benzene rings is 1. The third-order valence-corrected chi connectivity index (χ3v) is 3.97. The average Bonchev–Trinajstić information content (AvgIpc) is 2.42. The van der Waals surface area contributed by atoms with E-state index >= 15 is 0 Å². The zero-order chi connectivity index (χ0) is 13.8. The molecule has 1 fully saturated rings. The van der Waals surface area contributed by atoms with Crippen LogP contribution >= 0.6 is 15.9 Å². The number of nitrogens with two attached hydrogens (primary N) is 1. The molecule has 0 aromatic heterocycles. The van der Waals surface area contributed by atoms with E-state index < -0.39 is 5.97 Å². The van der Waals surface area contributed by atoms with Gasteiger partial charge in [-0.25, -0.2) is 4.79 Å². The number of methoxy groups -OCH3 is 1. The number of nitrogen functional groups attached to an aromatic ring is 1. The first-order valence-electron chi connectivity index (χ1n) is 6.46. The van der Waals surface area contributed by atoms with Crippen LogP contribution in [-0.4, -0.2) is 19.2 Å². The van der Waals surface area contributed by atoms with Gasteiger partial charge >= 0.3 is 5.97 Å². The summed E-state index contributed by atoms with van der Waals surface area (Å²) in [5.41, 5.74) is 6.54. The van der Waals surface area contributed by atoms with Crippen molar-refractivity contribution in [2.45, 2.75) is 38.2 Å². The molecule has 0 aliphatic heterocycles. The zero-order valence-corrected chi connectivity index (χ0v) is 12.5. The van der Waals surface area contributed by atoms with E-state index in [1.165, 1.54) is 26.4 Å². The summed E-state index contributed by atoms with van der Waals surface area (Å²) in [5, 5.41) is 0. The lowest BCUT2D eigenvalue weighted by atomic mass is 9.98. The number of carbonyl (C=O) groups excluding carboxylic acids is 1. The van der Waals surface area contributed by atoms with Gasteiger partial charge in [-0.2, -0.15) is 0 Å². The van der Waals surface area contributed by atoms with E-state index in [0.717, 1.165) is 17.3 Å². The van der Waals surface area contributed by atoms with Gasteiger partial charge in [0.25, 0.3) is 0 Å². The van der Waals surface area contributed by atoms with Gasteiger partial charge in [0.1, 0.15) is 5.75 Å². The molecule has 0 heterocycles. The van der Waals surface area contributed by atoms with Crippen molar-refractivity contribution < 1.29 is 14.3 Å². The molecular weight excluding hydrogens is 310 g/mol. The molecule has 0 saturated heterocycles. The van der Waals surface area contributed by atoms with E-state index in [2.05, 4.69) is 15.9 Å². The first-order chi connectivity index (χ1) is 9.11. The Kier molecular flexibility index (Phi) is 4.69. The predicted octanol–water partition coefficient (Wildman–Crippen LogP) is 3.53. The van der Waals surface area contributed by atoms with Gasteiger partial charge in [-0.1, -0.05) is 6.42 Å². The van der Waals surface area contributed by atoms with Crippen LogP contribution in [0.5, 0.6) is 5.75 Å². The van der Waals surface area contributed by atoms with Crippen molar-refractivity contribution in [3.63, 3.8) is 0 Å². The van der Waals surface area contributed by atoms with Gasteiger partial charge in [0.05, 0.1) is 23.2 Å². The van der Waals surface area contributed by atoms with Crippen LogP contribution in [0.4, 0.5) is 5.69 Å². The summed E-state index contributed by atoms with van der Waals surface area (Å²) in [5.74, 6) is 0.208. The first kappa shape index (κ1) is 14.2. The Balaban J connectivity index is 2.21. The molecule has 1 aromatic carbocycles. The van der Waals surface area contributed by atoms with Gasteiger partial charge < -0.3 is 15.2 Å². The van der Waals surface area contributed by atoms with Crippen LogP contribution < -0.4 is 10.5 Å². The van der Waals surface area contributed by atoms with Crippen molar-refractivity contribution in [3.05, 3.63) is 22.2 Å². The maximum absolute atomic E-state index is 11.6. The molecule has 0 spiro atoms. The Morgan fingerprint density at radius 1 is 1.32 bits per heavy atom. The van der Waals surface area contributed by atoms with Crippen molar-refractivity contribution in [1.29, 1.82) is 0 Å². The fourth-order valence-electron chi connectivity index (χ4n) is 2.31.